The summed E-state index contributed by atoms with van der Waals surface area (Å²) in [5, 5.41) is 18.2. The van der Waals surface area contributed by atoms with Crippen molar-refractivity contribution in [2.45, 2.75) is 45.4 Å². The lowest BCUT2D eigenvalue weighted by Crippen LogP contribution is -2.35. The summed E-state index contributed by atoms with van der Waals surface area (Å²) in [7, 11) is 0. The number of amides is 1. The largest absolute Gasteiger partial charge is 0.508 e. The maximum absolute atomic E-state index is 12.2. The first kappa shape index (κ1) is 17.0. The van der Waals surface area contributed by atoms with Gasteiger partial charge in [0, 0.05) is 12.1 Å². The van der Waals surface area contributed by atoms with Crippen molar-refractivity contribution in [3.8, 4) is 5.75 Å². The number of carboxylic acids is 1. The van der Waals surface area contributed by atoms with Crippen molar-refractivity contribution in [1.29, 1.82) is 0 Å². The van der Waals surface area contributed by atoms with Crippen LogP contribution in [0.3, 0.4) is 0 Å². The van der Waals surface area contributed by atoms with Gasteiger partial charge in [0.15, 0.2) is 0 Å². The van der Waals surface area contributed by atoms with Crippen LogP contribution in [0.1, 0.15) is 45.4 Å². The van der Waals surface area contributed by atoms with Crippen LogP contribution in [0.5, 0.6) is 5.75 Å². The Hall–Kier alpha value is -2.04. The number of hydrogen-bond donors (Lipinski definition) is 2. The van der Waals surface area contributed by atoms with Crippen molar-refractivity contribution in [2.75, 3.05) is 11.4 Å². The summed E-state index contributed by atoms with van der Waals surface area (Å²) in [6, 6.07) is 5.98. The van der Waals surface area contributed by atoms with E-state index in [4.69, 9.17) is 5.11 Å². The third-order valence-corrected chi connectivity index (χ3v) is 3.25. The molecule has 116 valence electrons. The van der Waals surface area contributed by atoms with E-state index in [2.05, 4.69) is 6.92 Å². The number of carboxylic acid groups (broad SMARTS) is 1. The summed E-state index contributed by atoms with van der Waals surface area (Å²) in [6.07, 6.45) is 5.50. The van der Waals surface area contributed by atoms with E-state index >= 15 is 0 Å². The smallest absolute Gasteiger partial charge is 0.323 e. The van der Waals surface area contributed by atoms with E-state index in [-0.39, 0.29) is 18.2 Å². The molecule has 5 nitrogen and oxygen atoms in total. The van der Waals surface area contributed by atoms with Gasteiger partial charge in [-0.25, -0.2) is 0 Å². The summed E-state index contributed by atoms with van der Waals surface area (Å²) in [5.74, 6) is -1.16. The quantitative estimate of drug-likeness (QED) is 0.685. The molecule has 0 aliphatic heterocycles. The molecule has 0 aromatic heterocycles. The van der Waals surface area contributed by atoms with Crippen LogP contribution in [0.4, 0.5) is 5.69 Å². The van der Waals surface area contributed by atoms with Gasteiger partial charge in [0.1, 0.15) is 12.3 Å². The normalized spacial score (nSPS) is 10.3. The highest BCUT2D eigenvalue weighted by Gasteiger charge is 2.18. The number of unbranched alkanes of at least 4 members (excludes halogenated alkanes) is 4. The van der Waals surface area contributed by atoms with Gasteiger partial charge in [0.05, 0.1) is 0 Å². The first-order valence-electron chi connectivity index (χ1n) is 7.35. The van der Waals surface area contributed by atoms with E-state index in [9.17, 15) is 14.7 Å². The Morgan fingerprint density at radius 1 is 1.05 bits per heavy atom. The van der Waals surface area contributed by atoms with Crippen LogP contribution in [0.25, 0.3) is 0 Å². The molecule has 0 fully saturated rings. The van der Waals surface area contributed by atoms with E-state index in [0.29, 0.717) is 12.1 Å². The summed E-state index contributed by atoms with van der Waals surface area (Å²) in [6.45, 7) is 1.77. The standard InChI is InChI=1S/C16H23NO4/c1-2-3-4-5-6-7-15(19)17(12-16(20)21)13-8-10-14(18)11-9-13/h8-11,18H,2-7,12H2,1H3,(H,20,21). The van der Waals surface area contributed by atoms with Crippen LogP contribution in [0.15, 0.2) is 24.3 Å². The summed E-state index contributed by atoms with van der Waals surface area (Å²) >= 11 is 0. The Bertz CT molecular complexity index is 456. The number of carbonyl (C=O) groups is 2. The predicted molar refractivity (Wildman–Crippen MR) is 81.5 cm³/mol. The zero-order valence-electron chi connectivity index (χ0n) is 12.4. The number of phenols is 1. The molecule has 0 saturated heterocycles. The lowest BCUT2D eigenvalue weighted by molar-refractivity contribution is -0.136. The van der Waals surface area contributed by atoms with Gasteiger partial charge in [-0.3, -0.25) is 9.59 Å². The zero-order valence-corrected chi connectivity index (χ0v) is 12.4. The number of benzene rings is 1. The van der Waals surface area contributed by atoms with Crippen molar-refractivity contribution in [1.82, 2.24) is 0 Å². The Kier molecular flexibility index (Phi) is 7.29. The topological polar surface area (TPSA) is 77.8 Å². The van der Waals surface area contributed by atoms with E-state index in [1.807, 2.05) is 0 Å². The highest BCUT2D eigenvalue weighted by atomic mass is 16.4. The molecule has 1 aromatic rings. The fraction of sp³-hybridized carbons (Fsp3) is 0.500. The van der Waals surface area contributed by atoms with E-state index in [1.54, 1.807) is 12.1 Å². The molecule has 2 N–H and O–H groups in total. The van der Waals surface area contributed by atoms with Gasteiger partial charge in [0.25, 0.3) is 0 Å². The zero-order chi connectivity index (χ0) is 15.7. The van der Waals surface area contributed by atoms with Crippen molar-refractivity contribution in [3.05, 3.63) is 24.3 Å². The van der Waals surface area contributed by atoms with Crippen LogP contribution >= 0.6 is 0 Å². The molecule has 1 rings (SSSR count). The molecule has 1 amide bonds. The van der Waals surface area contributed by atoms with Crippen molar-refractivity contribution >= 4 is 17.6 Å². The minimum Gasteiger partial charge on any atom is -0.508 e. The molecular formula is C16H23NO4. The number of carbonyl (C=O) groups excluding carboxylic acids is 1. The Morgan fingerprint density at radius 3 is 2.24 bits per heavy atom. The fourth-order valence-corrected chi connectivity index (χ4v) is 2.11. The second-order valence-corrected chi connectivity index (χ2v) is 5.05. The minimum atomic E-state index is -1.05. The average molecular weight is 293 g/mol. The van der Waals surface area contributed by atoms with E-state index in [1.165, 1.54) is 17.0 Å². The molecule has 0 heterocycles. The average Bonchev–Trinajstić information content (AvgIpc) is 2.45. The molecule has 21 heavy (non-hydrogen) atoms. The minimum absolute atomic E-state index is 0.0843. The van der Waals surface area contributed by atoms with E-state index < -0.39 is 5.97 Å². The summed E-state index contributed by atoms with van der Waals surface area (Å²) < 4.78 is 0. The molecule has 0 atom stereocenters. The highest BCUT2D eigenvalue weighted by molar-refractivity contribution is 5.97. The van der Waals surface area contributed by atoms with Gasteiger partial charge in [0.2, 0.25) is 5.91 Å². The van der Waals surface area contributed by atoms with Crippen molar-refractivity contribution < 1.29 is 19.8 Å². The number of nitrogens with zero attached hydrogens (tertiary/aromatic N) is 1. The summed E-state index contributed by atoms with van der Waals surface area (Å²) in [5.41, 5.74) is 0.494. The Balaban J connectivity index is 2.62. The number of hydrogen-bond acceptors (Lipinski definition) is 3. The number of phenolic OH excluding ortho intramolecular Hbond substituents is 1. The molecule has 0 bridgehead atoms. The van der Waals surface area contributed by atoms with Crippen LogP contribution in [0.2, 0.25) is 0 Å². The predicted octanol–water partition coefficient (Wildman–Crippen LogP) is 3.17. The molecule has 0 aliphatic carbocycles. The molecular weight excluding hydrogens is 270 g/mol. The first-order chi connectivity index (χ1) is 10.0. The maximum atomic E-state index is 12.2. The molecule has 0 radical (unpaired) electrons. The third kappa shape index (κ3) is 6.29. The number of anilines is 1. The van der Waals surface area contributed by atoms with Crippen LogP contribution in [0, 0.1) is 0 Å². The number of rotatable bonds is 9. The maximum Gasteiger partial charge on any atom is 0.323 e. The Morgan fingerprint density at radius 2 is 1.67 bits per heavy atom. The van der Waals surface area contributed by atoms with Crippen LogP contribution in [-0.2, 0) is 9.59 Å². The number of aromatic hydroxyl groups is 1. The van der Waals surface area contributed by atoms with E-state index in [0.717, 1.165) is 32.1 Å². The SMILES string of the molecule is CCCCCCCC(=O)N(CC(=O)O)c1ccc(O)cc1. The van der Waals surface area contributed by atoms with Gasteiger partial charge >= 0.3 is 5.97 Å². The molecule has 0 saturated carbocycles. The van der Waals surface area contributed by atoms with Crippen LogP contribution in [-0.4, -0.2) is 28.6 Å². The fourth-order valence-electron chi connectivity index (χ4n) is 2.11. The second-order valence-electron chi connectivity index (χ2n) is 5.05. The molecule has 0 aliphatic rings. The lowest BCUT2D eigenvalue weighted by Gasteiger charge is -2.21. The summed E-state index contributed by atoms with van der Waals surface area (Å²) in [4.78, 5) is 24.4. The van der Waals surface area contributed by atoms with Gasteiger partial charge in [-0.1, -0.05) is 32.6 Å². The number of aliphatic carboxylic acids is 1. The Labute approximate surface area is 125 Å². The molecule has 0 unspecified atom stereocenters. The highest BCUT2D eigenvalue weighted by Crippen LogP contribution is 2.20. The van der Waals surface area contributed by atoms with Gasteiger partial charge < -0.3 is 15.1 Å². The van der Waals surface area contributed by atoms with Gasteiger partial charge in [-0.2, -0.15) is 0 Å². The third-order valence-electron chi connectivity index (χ3n) is 3.25. The van der Waals surface area contributed by atoms with Gasteiger partial charge in [-0.15, -0.1) is 0 Å². The monoisotopic (exact) mass is 293 g/mol. The van der Waals surface area contributed by atoms with Crippen molar-refractivity contribution in [2.24, 2.45) is 0 Å². The van der Waals surface area contributed by atoms with Crippen molar-refractivity contribution in [3.63, 3.8) is 0 Å². The lowest BCUT2D eigenvalue weighted by atomic mass is 10.1. The first-order valence-corrected chi connectivity index (χ1v) is 7.35. The van der Waals surface area contributed by atoms with Gasteiger partial charge in [-0.05, 0) is 30.7 Å². The van der Waals surface area contributed by atoms with Crippen LogP contribution < -0.4 is 4.90 Å². The molecule has 5 heteroatoms. The molecule has 0 spiro atoms. The second kappa shape index (κ2) is 9.00. The molecule has 1 aromatic carbocycles.